The molecule has 4 aliphatic heterocycles. The van der Waals surface area contributed by atoms with E-state index in [0.29, 0.717) is 0 Å². The Morgan fingerprint density at radius 1 is 0.750 bits per heavy atom. The number of rotatable bonds is 3. The molecule has 6 heteroatoms. The molecule has 8 rings (SSSR count). The summed E-state index contributed by atoms with van der Waals surface area (Å²) in [5.74, 6) is 3.40. The lowest BCUT2D eigenvalue weighted by atomic mass is 9.83. The summed E-state index contributed by atoms with van der Waals surface area (Å²) in [7, 11) is -1.46. The van der Waals surface area contributed by atoms with E-state index >= 15 is 0 Å². The Kier molecular flexibility index (Phi) is 8.93. The first kappa shape index (κ1) is 34.5. The quantitative estimate of drug-likeness (QED) is 0.122. The monoisotopic (exact) mass is 806 g/mol. The fraction of sp³-hybridized carbons (Fsp3) is 0.217. The lowest BCUT2D eigenvalue weighted by Gasteiger charge is -2.24. The number of H-pyrrole nitrogens is 1. The zero-order valence-electron chi connectivity index (χ0n) is 30.6. The van der Waals surface area contributed by atoms with Gasteiger partial charge >= 0.3 is 0 Å². The number of hydrogen-bond acceptors (Lipinski definition) is 3. The first-order valence-electron chi connectivity index (χ1n) is 18.1. The molecule has 0 radical (unpaired) electrons. The third-order valence-corrected chi connectivity index (χ3v) is 11.7. The second-order valence-corrected chi connectivity index (χ2v) is 22.0. The number of aryl methyl sites for hydroxylation is 1. The molecule has 1 fully saturated rings. The molecule has 0 aliphatic carbocycles. The molecule has 8 bridgehead atoms. The van der Waals surface area contributed by atoms with Crippen molar-refractivity contribution in [1.82, 2.24) is 10.3 Å². The highest BCUT2D eigenvalue weighted by molar-refractivity contribution is 14.1. The van der Waals surface area contributed by atoms with Gasteiger partial charge in [-0.25, -0.2) is 9.98 Å². The molecule has 4 aromatic rings. The van der Waals surface area contributed by atoms with Gasteiger partial charge in [0.1, 0.15) is 8.07 Å². The number of nitrogens with zero attached hydrogens (tertiary/aromatic N) is 2. The topological polar surface area (TPSA) is 52.5 Å². The van der Waals surface area contributed by atoms with Crippen molar-refractivity contribution >= 4 is 64.9 Å². The maximum Gasteiger partial charge on any atom is 0.129 e. The molecule has 1 aromatic heterocycles. The molecule has 4 aliphatic rings. The maximum absolute atomic E-state index is 5.44. The molecule has 52 heavy (non-hydrogen) atoms. The summed E-state index contributed by atoms with van der Waals surface area (Å²) in [6, 6.07) is 30.8. The number of fused-ring (bicyclic) bond motifs is 6. The zero-order valence-corrected chi connectivity index (χ0v) is 33.8. The largest absolute Gasteiger partial charge is 0.355 e. The number of benzene rings is 3. The van der Waals surface area contributed by atoms with Crippen molar-refractivity contribution in [3.63, 3.8) is 0 Å². The number of aromatic nitrogens is 1. The molecule has 2 unspecified atom stereocenters. The van der Waals surface area contributed by atoms with Crippen LogP contribution in [-0.4, -0.2) is 36.6 Å². The molecule has 1 saturated heterocycles. The van der Waals surface area contributed by atoms with Gasteiger partial charge in [-0.05, 0) is 125 Å². The van der Waals surface area contributed by atoms with Crippen LogP contribution >= 0.6 is 22.6 Å². The van der Waals surface area contributed by atoms with Gasteiger partial charge in [-0.2, -0.15) is 0 Å². The summed E-state index contributed by atoms with van der Waals surface area (Å²) in [5.41, 5.74) is 16.4. The highest BCUT2D eigenvalue weighted by Crippen LogP contribution is 2.40. The number of hydrogen-bond donors (Lipinski definition) is 2. The van der Waals surface area contributed by atoms with Crippen LogP contribution in [0.1, 0.15) is 48.1 Å². The summed E-state index contributed by atoms with van der Waals surface area (Å²) in [6.45, 7) is 13.7. The predicted octanol–water partition coefficient (Wildman–Crippen LogP) is 8.75. The van der Waals surface area contributed by atoms with E-state index in [1.54, 1.807) is 0 Å². The van der Waals surface area contributed by atoms with Crippen LogP contribution in [0.15, 0.2) is 131 Å². The molecule has 0 spiro atoms. The fourth-order valence-corrected chi connectivity index (χ4v) is 8.20. The molecule has 3 aromatic carbocycles. The van der Waals surface area contributed by atoms with E-state index in [2.05, 4.69) is 200 Å². The van der Waals surface area contributed by atoms with Gasteiger partial charge in [0.15, 0.2) is 0 Å². The number of allylic oxidation sites excluding steroid dienone is 4. The summed E-state index contributed by atoms with van der Waals surface area (Å²) in [6.07, 6.45) is 12.4. The SMILES string of the molecule is Cc1ccc(C2=c3ccc([nH]3)=CC3=NC(=CC4CC(C)(C)C(C=C5N=C2C=C5c2ccc(I)cc2)N4)C=C3c2ccc(C#C[Si](C)(C)C)cc2)cc1. The van der Waals surface area contributed by atoms with E-state index < -0.39 is 8.07 Å². The Morgan fingerprint density at radius 2 is 1.44 bits per heavy atom. The average molecular weight is 807 g/mol. The van der Waals surface area contributed by atoms with Crippen molar-refractivity contribution in [3.05, 3.63) is 163 Å². The van der Waals surface area contributed by atoms with Gasteiger partial charge in [0.25, 0.3) is 0 Å². The van der Waals surface area contributed by atoms with Gasteiger partial charge < -0.3 is 10.3 Å². The first-order chi connectivity index (χ1) is 24.9. The van der Waals surface area contributed by atoms with Crippen LogP contribution in [-0.2, 0) is 0 Å². The smallest absolute Gasteiger partial charge is 0.129 e. The molecular weight excluding hydrogens is 764 g/mol. The van der Waals surface area contributed by atoms with E-state index in [4.69, 9.17) is 9.98 Å². The van der Waals surface area contributed by atoms with Crippen LogP contribution in [0, 0.1) is 27.4 Å². The molecule has 4 nitrogen and oxygen atoms in total. The van der Waals surface area contributed by atoms with Crippen molar-refractivity contribution < 1.29 is 0 Å². The molecule has 5 heterocycles. The van der Waals surface area contributed by atoms with Gasteiger partial charge in [-0.15, -0.1) is 5.54 Å². The van der Waals surface area contributed by atoms with Crippen molar-refractivity contribution in [1.29, 1.82) is 0 Å². The zero-order chi connectivity index (χ0) is 36.2. The van der Waals surface area contributed by atoms with Crippen molar-refractivity contribution in [2.24, 2.45) is 15.4 Å². The minimum atomic E-state index is -1.46. The number of aromatic amines is 1. The lowest BCUT2D eigenvalue weighted by Crippen LogP contribution is -2.32. The standard InChI is InChI=1S/C46H43IN4Si/c1-29-7-11-33(12-8-29)45-40-20-19-35(48-40)25-41-38(31-13-9-30(10-14-31)21-22-52(4,5)6)24-36(49-41)23-37-28-46(2,3)44(50-37)27-42-39(26-43(45)51-42)32-15-17-34(47)18-16-32/h7-20,23-27,37,44,48,50H,28H2,1-6H3. The molecule has 0 amide bonds. The van der Waals surface area contributed by atoms with E-state index in [1.165, 1.54) is 14.7 Å². The van der Waals surface area contributed by atoms with Gasteiger partial charge in [0.05, 0.1) is 22.8 Å². The lowest BCUT2D eigenvalue weighted by molar-refractivity contribution is 0.355. The highest BCUT2D eigenvalue weighted by atomic mass is 127. The third-order valence-electron chi connectivity index (χ3n) is 10.1. The summed E-state index contributed by atoms with van der Waals surface area (Å²) in [5, 5.41) is 5.97. The van der Waals surface area contributed by atoms with Crippen LogP contribution in [0.2, 0.25) is 19.6 Å². The van der Waals surface area contributed by atoms with Gasteiger partial charge in [-0.3, -0.25) is 0 Å². The third kappa shape index (κ3) is 7.23. The Bertz CT molecular complexity index is 2470. The van der Waals surface area contributed by atoms with E-state index in [0.717, 1.165) is 73.3 Å². The minimum absolute atomic E-state index is 0.00614. The molecule has 2 atom stereocenters. The predicted molar refractivity (Wildman–Crippen MR) is 230 cm³/mol. The maximum atomic E-state index is 5.44. The molecular formula is C46H43IN4Si. The fourth-order valence-electron chi connectivity index (χ4n) is 7.33. The number of halogens is 1. The van der Waals surface area contributed by atoms with E-state index in [9.17, 15) is 0 Å². The average Bonchev–Trinajstić information content (AvgIpc) is 3.88. The number of aliphatic imine (C=N–C) groups is 2. The number of nitrogens with one attached hydrogen (secondary N) is 2. The Hall–Kier alpha value is -4.55. The normalized spacial score (nSPS) is 20.5. The van der Waals surface area contributed by atoms with Crippen molar-refractivity contribution in [2.75, 3.05) is 0 Å². The van der Waals surface area contributed by atoms with Crippen LogP contribution < -0.4 is 16.0 Å². The Balaban J connectivity index is 1.32. The Labute approximate surface area is 321 Å². The molecule has 2 N–H and O–H groups in total. The summed E-state index contributed by atoms with van der Waals surface area (Å²) < 4.78 is 1.22. The van der Waals surface area contributed by atoms with Crippen LogP contribution in [0.5, 0.6) is 0 Å². The molecule has 0 saturated carbocycles. The second kappa shape index (κ2) is 13.5. The summed E-state index contributed by atoms with van der Waals surface area (Å²) in [4.78, 5) is 14.4. The van der Waals surface area contributed by atoms with Gasteiger partial charge in [0.2, 0.25) is 0 Å². The van der Waals surface area contributed by atoms with Crippen LogP contribution in [0.4, 0.5) is 0 Å². The summed E-state index contributed by atoms with van der Waals surface area (Å²) >= 11 is 2.38. The van der Waals surface area contributed by atoms with Crippen molar-refractivity contribution in [2.45, 2.75) is 58.9 Å². The minimum Gasteiger partial charge on any atom is -0.355 e. The van der Waals surface area contributed by atoms with Gasteiger partial charge in [-0.1, -0.05) is 93.5 Å². The van der Waals surface area contributed by atoms with Gasteiger partial charge in [0, 0.05) is 48.6 Å². The van der Waals surface area contributed by atoms with E-state index in [-0.39, 0.29) is 17.5 Å². The van der Waals surface area contributed by atoms with Crippen LogP contribution in [0.3, 0.4) is 0 Å². The van der Waals surface area contributed by atoms with Crippen molar-refractivity contribution in [3.8, 4) is 11.5 Å². The van der Waals surface area contributed by atoms with Crippen LogP contribution in [0.25, 0.3) is 22.8 Å². The van der Waals surface area contributed by atoms with E-state index in [1.807, 2.05) is 0 Å². The molecule has 258 valence electrons. The second-order valence-electron chi connectivity index (χ2n) is 16.0. The Morgan fingerprint density at radius 3 is 2.17 bits per heavy atom. The highest BCUT2D eigenvalue weighted by Gasteiger charge is 2.39. The first-order valence-corrected chi connectivity index (χ1v) is 22.6.